The lowest BCUT2D eigenvalue weighted by atomic mass is 10.1. The zero-order valence-corrected chi connectivity index (χ0v) is 17.9. The van der Waals surface area contributed by atoms with Crippen molar-refractivity contribution in [3.8, 4) is 0 Å². The van der Waals surface area contributed by atoms with Crippen LogP contribution < -0.4 is 10.7 Å². The normalized spacial score (nSPS) is 12.7. The molecule has 11 heteroatoms. The van der Waals surface area contributed by atoms with Gasteiger partial charge in [-0.3, -0.25) is 20.2 Å². The van der Waals surface area contributed by atoms with Crippen LogP contribution >= 0.6 is 17.0 Å². The standard InChI is InChI=1S/C20H18N6O4.BrH/c27-25(28)18-5-1-3-15(13-18)7-9-17(23-24-20-21-11-12-22-20)10-8-16-4-2-6-19(14-16)26(29)30;/h1-10,13-14H,11-12H2,(H2,21,22,24);1H/b9-7+,10-8+;. The smallest absolute Gasteiger partial charge is 0.270 e. The van der Waals surface area contributed by atoms with Crippen molar-refractivity contribution in [2.24, 2.45) is 10.1 Å². The van der Waals surface area contributed by atoms with Crippen molar-refractivity contribution in [2.45, 2.75) is 0 Å². The van der Waals surface area contributed by atoms with E-state index in [2.05, 4.69) is 20.8 Å². The van der Waals surface area contributed by atoms with E-state index >= 15 is 0 Å². The van der Waals surface area contributed by atoms with Crippen LogP contribution in [0.1, 0.15) is 11.1 Å². The van der Waals surface area contributed by atoms with Crippen molar-refractivity contribution in [1.82, 2.24) is 10.7 Å². The molecular weight excluding hydrogens is 468 g/mol. The van der Waals surface area contributed by atoms with E-state index in [0.717, 1.165) is 6.54 Å². The van der Waals surface area contributed by atoms with E-state index in [9.17, 15) is 20.2 Å². The molecule has 0 aromatic heterocycles. The number of guanidine groups is 1. The van der Waals surface area contributed by atoms with E-state index in [0.29, 0.717) is 29.3 Å². The van der Waals surface area contributed by atoms with Crippen LogP contribution in [0, 0.1) is 20.2 Å². The number of benzene rings is 2. The van der Waals surface area contributed by atoms with Gasteiger partial charge in [-0.2, -0.15) is 5.10 Å². The molecule has 0 amide bonds. The van der Waals surface area contributed by atoms with Gasteiger partial charge in [0.25, 0.3) is 11.4 Å². The quantitative estimate of drug-likeness (QED) is 0.347. The molecular formula is C20H19BrN6O4. The number of hydrogen-bond acceptors (Lipinski definition) is 8. The number of halogens is 1. The van der Waals surface area contributed by atoms with Crippen LogP contribution in [0.3, 0.4) is 0 Å². The molecule has 0 atom stereocenters. The molecule has 0 bridgehead atoms. The van der Waals surface area contributed by atoms with E-state index in [1.165, 1.54) is 24.3 Å². The number of rotatable bonds is 7. The largest absolute Gasteiger partial charge is 0.353 e. The van der Waals surface area contributed by atoms with E-state index in [4.69, 9.17) is 0 Å². The number of hydrazone groups is 1. The van der Waals surface area contributed by atoms with E-state index in [1.54, 1.807) is 48.6 Å². The first-order valence-corrected chi connectivity index (χ1v) is 8.98. The molecule has 3 rings (SSSR count). The van der Waals surface area contributed by atoms with Crippen molar-refractivity contribution in [1.29, 1.82) is 0 Å². The van der Waals surface area contributed by atoms with Gasteiger partial charge in [-0.25, -0.2) is 10.4 Å². The summed E-state index contributed by atoms with van der Waals surface area (Å²) in [6, 6.07) is 12.4. The minimum absolute atomic E-state index is 0. The SMILES string of the molecule is Br.O=[N+]([O-])c1cccc(/C=C/C(/C=C/c2cccc([N+](=O)[O-])c2)=NNC2=NCCN2)c1. The Bertz CT molecular complexity index is 1010. The second-order valence-electron chi connectivity index (χ2n) is 6.18. The van der Waals surface area contributed by atoms with Gasteiger partial charge in [0.2, 0.25) is 5.96 Å². The zero-order valence-electron chi connectivity index (χ0n) is 16.2. The summed E-state index contributed by atoms with van der Waals surface area (Å²) >= 11 is 0. The monoisotopic (exact) mass is 486 g/mol. The lowest BCUT2D eigenvalue weighted by Gasteiger charge is -2.02. The van der Waals surface area contributed by atoms with Crippen LogP contribution in [0.2, 0.25) is 0 Å². The Labute approximate surface area is 188 Å². The summed E-state index contributed by atoms with van der Waals surface area (Å²) < 4.78 is 0. The number of nitro groups is 2. The van der Waals surface area contributed by atoms with E-state index in [-0.39, 0.29) is 28.4 Å². The summed E-state index contributed by atoms with van der Waals surface area (Å²) in [5.74, 6) is 0.542. The molecule has 1 aliphatic heterocycles. The Balaban J connectivity index is 0.00000341. The summed E-state index contributed by atoms with van der Waals surface area (Å²) in [4.78, 5) is 25.2. The van der Waals surface area contributed by atoms with Crippen molar-refractivity contribution >= 4 is 52.2 Å². The number of hydrogen-bond donors (Lipinski definition) is 2. The number of nitrogens with one attached hydrogen (secondary N) is 2. The minimum atomic E-state index is -0.458. The highest BCUT2D eigenvalue weighted by Crippen LogP contribution is 2.16. The minimum Gasteiger partial charge on any atom is -0.353 e. The maximum Gasteiger partial charge on any atom is 0.270 e. The number of nitrogens with zero attached hydrogens (tertiary/aromatic N) is 4. The van der Waals surface area contributed by atoms with Crippen LogP contribution in [0.25, 0.3) is 12.2 Å². The van der Waals surface area contributed by atoms with Crippen LogP contribution in [0.5, 0.6) is 0 Å². The maximum absolute atomic E-state index is 10.9. The first-order chi connectivity index (χ1) is 14.5. The Morgan fingerprint density at radius 3 is 2.00 bits per heavy atom. The van der Waals surface area contributed by atoms with Crippen LogP contribution in [0.15, 0.2) is 70.8 Å². The molecule has 0 aliphatic carbocycles. The van der Waals surface area contributed by atoms with Gasteiger partial charge in [-0.05, 0) is 23.3 Å². The molecule has 0 spiro atoms. The van der Waals surface area contributed by atoms with Crippen LogP contribution in [0.4, 0.5) is 11.4 Å². The van der Waals surface area contributed by atoms with Gasteiger partial charge in [0.05, 0.1) is 22.1 Å². The summed E-state index contributed by atoms with van der Waals surface area (Å²) in [6.45, 7) is 1.38. The fourth-order valence-electron chi connectivity index (χ4n) is 2.57. The Morgan fingerprint density at radius 1 is 1.00 bits per heavy atom. The Morgan fingerprint density at radius 2 is 1.55 bits per heavy atom. The topological polar surface area (TPSA) is 135 Å². The van der Waals surface area contributed by atoms with Gasteiger partial charge in [0.15, 0.2) is 0 Å². The maximum atomic E-state index is 10.9. The van der Waals surface area contributed by atoms with Gasteiger partial charge in [0, 0.05) is 30.8 Å². The van der Waals surface area contributed by atoms with Crippen molar-refractivity contribution < 1.29 is 9.85 Å². The number of non-ortho nitro benzene ring substituents is 2. The molecule has 160 valence electrons. The lowest BCUT2D eigenvalue weighted by molar-refractivity contribution is -0.385. The second kappa shape index (κ2) is 11.4. The van der Waals surface area contributed by atoms with Gasteiger partial charge < -0.3 is 5.32 Å². The van der Waals surface area contributed by atoms with Crippen molar-refractivity contribution in [3.63, 3.8) is 0 Å². The second-order valence-corrected chi connectivity index (χ2v) is 6.18. The average molecular weight is 487 g/mol. The lowest BCUT2D eigenvalue weighted by Crippen LogP contribution is -2.30. The number of aliphatic imine (C=N–C) groups is 1. The summed E-state index contributed by atoms with van der Waals surface area (Å²) in [6.07, 6.45) is 6.73. The van der Waals surface area contributed by atoms with Gasteiger partial charge in [-0.1, -0.05) is 36.4 Å². The van der Waals surface area contributed by atoms with E-state index < -0.39 is 9.85 Å². The molecule has 2 aromatic carbocycles. The fraction of sp³-hybridized carbons (Fsp3) is 0.100. The molecule has 0 unspecified atom stereocenters. The highest BCUT2D eigenvalue weighted by Gasteiger charge is 2.06. The fourth-order valence-corrected chi connectivity index (χ4v) is 2.57. The Hall–Kier alpha value is -3.86. The summed E-state index contributed by atoms with van der Waals surface area (Å²) in [5, 5.41) is 29.2. The summed E-state index contributed by atoms with van der Waals surface area (Å²) in [5.41, 5.74) is 4.57. The van der Waals surface area contributed by atoms with Crippen molar-refractivity contribution in [3.05, 3.63) is 92.0 Å². The molecule has 10 nitrogen and oxygen atoms in total. The Kier molecular flexibility index (Phi) is 8.58. The predicted molar refractivity (Wildman–Crippen MR) is 125 cm³/mol. The number of allylic oxidation sites excluding steroid dienone is 2. The molecule has 1 heterocycles. The molecule has 0 saturated heterocycles. The first kappa shape index (κ1) is 23.4. The van der Waals surface area contributed by atoms with Crippen molar-refractivity contribution in [2.75, 3.05) is 13.1 Å². The third kappa shape index (κ3) is 7.16. The highest BCUT2D eigenvalue weighted by atomic mass is 79.9. The molecule has 0 saturated carbocycles. The molecule has 0 fully saturated rings. The number of nitro benzene ring substituents is 2. The summed E-state index contributed by atoms with van der Waals surface area (Å²) in [7, 11) is 0. The third-order valence-corrected chi connectivity index (χ3v) is 4.02. The van der Waals surface area contributed by atoms with E-state index in [1.807, 2.05) is 0 Å². The van der Waals surface area contributed by atoms with Gasteiger partial charge >= 0.3 is 0 Å². The van der Waals surface area contributed by atoms with Gasteiger partial charge in [-0.15, -0.1) is 17.0 Å². The molecule has 2 N–H and O–H groups in total. The predicted octanol–water partition coefficient (Wildman–Crippen LogP) is 3.71. The van der Waals surface area contributed by atoms with Gasteiger partial charge in [0.1, 0.15) is 0 Å². The molecule has 0 radical (unpaired) electrons. The highest BCUT2D eigenvalue weighted by molar-refractivity contribution is 8.93. The first-order valence-electron chi connectivity index (χ1n) is 8.98. The zero-order chi connectivity index (χ0) is 21.3. The van der Waals surface area contributed by atoms with Crippen LogP contribution in [-0.2, 0) is 0 Å². The average Bonchev–Trinajstić information content (AvgIpc) is 3.27. The molecule has 31 heavy (non-hydrogen) atoms. The molecule has 2 aromatic rings. The molecule has 1 aliphatic rings. The van der Waals surface area contributed by atoms with Crippen LogP contribution in [-0.4, -0.2) is 34.6 Å². The third-order valence-electron chi connectivity index (χ3n) is 4.02.